The number of Topliss-reactive ketones (excluding diaryl/α,β-unsaturated/α-hetero) is 1. The minimum Gasteiger partial charge on any atom is -0.293 e. The van der Waals surface area contributed by atoms with E-state index in [9.17, 15) is 4.79 Å². The molecule has 0 radical (unpaired) electrons. The van der Waals surface area contributed by atoms with E-state index in [0.717, 1.165) is 24.1 Å². The van der Waals surface area contributed by atoms with Gasteiger partial charge in [0.25, 0.3) is 0 Å². The Balaban J connectivity index is 2.56. The van der Waals surface area contributed by atoms with Crippen molar-refractivity contribution >= 4 is 17.1 Å². The summed E-state index contributed by atoms with van der Waals surface area (Å²) in [7, 11) is 0. The molecule has 0 saturated heterocycles. The van der Waals surface area contributed by atoms with Gasteiger partial charge in [-0.05, 0) is 24.3 Å². The normalized spacial score (nSPS) is 12.7. The molecule has 78 valence electrons. The Hall–Kier alpha value is -0.630. The lowest BCUT2D eigenvalue weighted by molar-refractivity contribution is 0.0912. The maximum absolute atomic E-state index is 12.0. The van der Waals surface area contributed by atoms with E-state index < -0.39 is 0 Å². The Morgan fingerprint density at radius 3 is 2.79 bits per heavy atom. The van der Waals surface area contributed by atoms with Crippen molar-refractivity contribution in [2.75, 3.05) is 0 Å². The standard InChI is InChI=1S/C12H18OS/c1-3-5-7-10(4-2)12(13)11-8-6-9-14-11/h6,8-10H,3-5,7H2,1-2H3/t10-/m1/s1. The summed E-state index contributed by atoms with van der Waals surface area (Å²) in [6.45, 7) is 4.27. The van der Waals surface area contributed by atoms with Gasteiger partial charge < -0.3 is 0 Å². The molecule has 0 spiro atoms. The molecule has 0 saturated carbocycles. The van der Waals surface area contributed by atoms with Gasteiger partial charge in [-0.3, -0.25) is 4.79 Å². The number of carbonyl (C=O) groups is 1. The zero-order valence-electron chi connectivity index (χ0n) is 8.95. The van der Waals surface area contributed by atoms with E-state index in [2.05, 4.69) is 13.8 Å². The van der Waals surface area contributed by atoms with Crippen LogP contribution in [-0.2, 0) is 0 Å². The van der Waals surface area contributed by atoms with Gasteiger partial charge in [0.05, 0.1) is 4.88 Å². The quantitative estimate of drug-likeness (QED) is 0.645. The fourth-order valence-electron chi connectivity index (χ4n) is 1.59. The molecule has 0 bridgehead atoms. The minimum atomic E-state index is 0.244. The van der Waals surface area contributed by atoms with Crippen molar-refractivity contribution in [1.82, 2.24) is 0 Å². The number of hydrogen-bond acceptors (Lipinski definition) is 2. The van der Waals surface area contributed by atoms with Gasteiger partial charge >= 0.3 is 0 Å². The van der Waals surface area contributed by atoms with E-state index >= 15 is 0 Å². The van der Waals surface area contributed by atoms with Gasteiger partial charge in [-0.1, -0.05) is 32.8 Å². The second kappa shape index (κ2) is 5.97. The third-order valence-electron chi connectivity index (χ3n) is 2.53. The molecule has 0 fully saturated rings. The molecule has 0 N–H and O–H groups in total. The van der Waals surface area contributed by atoms with Crippen LogP contribution >= 0.6 is 11.3 Å². The summed E-state index contributed by atoms with van der Waals surface area (Å²) in [6.07, 6.45) is 4.35. The Bertz CT molecular complexity index is 264. The maximum atomic E-state index is 12.0. The van der Waals surface area contributed by atoms with E-state index in [4.69, 9.17) is 0 Å². The van der Waals surface area contributed by atoms with E-state index in [1.54, 1.807) is 11.3 Å². The van der Waals surface area contributed by atoms with E-state index in [1.807, 2.05) is 17.5 Å². The van der Waals surface area contributed by atoms with Crippen molar-refractivity contribution in [3.8, 4) is 0 Å². The van der Waals surface area contributed by atoms with Gasteiger partial charge in [0.15, 0.2) is 5.78 Å². The van der Waals surface area contributed by atoms with Gasteiger partial charge in [0.1, 0.15) is 0 Å². The Morgan fingerprint density at radius 2 is 2.29 bits per heavy atom. The molecule has 0 aliphatic carbocycles. The van der Waals surface area contributed by atoms with Crippen LogP contribution in [0, 0.1) is 5.92 Å². The van der Waals surface area contributed by atoms with Crippen LogP contribution in [0.25, 0.3) is 0 Å². The SMILES string of the molecule is CCCC[C@@H](CC)C(=O)c1cccs1. The lowest BCUT2D eigenvalue weighted by Crippen LogP contribution is -2.12. The molecule has 0 aliphatic rings. The van der Waals surface area contributed by atoms with Gasteiger partial charge in [-0.15, -0.1) is 11.3 Å². The molecule has 1 rings (SSSR count). The van der Waals surface area contributed by atoms with Gasteiger partial charge in [0.2, 0.25) is 0 Å². The Kier molecular flexibility index (Phi) is 4.88. The molecule has 0 unspecified atom stereocenters. The van der Waals surface area contributed by atoms with Gasteiger partial charge in [-0.2, -0.15) is 0 Å². The molecule has 1 aromatic rings. The van der Waals surface area contributed by atoms with Crippen LogP contribution in [0.1, 0.15) is 49.2 Å². The second-order valence-corrected chi connectivity index (χ2v) is 4.54. The molecule has 1 heterocycles. The van der Waals surface area contributed by atoms with Crippen LogP contribution in [0.5, 0.6) is 0 Å². The summed E-state index contributed by atoms with van der Waals surface area (Å²) in [4.78, 5) is 12.9. The zero-order chi connectivity index (χ0) is 10.4. The summed E-state index contributed by atoms with van der Waals surface area (Å²) >= 11 is 1.56. The number of rotatable bonds is 6. The third-order valence-corrected chi connectivity index (χ3v) is 3.42. The summed E-state index contributed by atoms with van der Waals surface area (Å²) in [5, 5.41) is 1.97. The summed E-state index contributed by atoms with van der Waals surface area (Å²) < 4.78 is 0. The molecular weight excluding hydrogens is 192 g/mol. The van der Waals surface area contributed by atoms with Crippen molar-refractivity contribution in [3.05, 3.63) is 22.4 Å². The van der Waals surface area contributed by atoms with Crippen LogP contribution in [0.2, 0.25) is 0 Å². The van der Waals surface area contributed by atoms with Crippen LogP contribution in [-0.4, -0.2) is 5.78 Å². The van der Waals surface area contributed by atoms with Crippen LogP contribution in [0.15, 0.2) is 17.5 Å². The smallest absolute Gasteiger partial charge is 0.175 e. The first-order valence-corrected chi connectivity index (χ1v) is 6.25. The highest BCUT2D eigenvalue weighted by atomic mass is 32.1. The number of carbonyl (C=O) groups excluding carboxylic acids is 1. The van der Waals surface area contributed by atoms with E-state index in [1.165, 1.54) is 6.42 Å². The number of thiophene rings is 1. The third kappa shape index (κ3) is 2.95. The molecule has 1 atom stereocenters. The first kappa shape index (κ1) is 11.4. The van der Waals surface area contributed by atoms with Crippen LogP contribution in [0.3, 0.4) is 0 Å². The van der Waals surface area contributed by atoms with Crippen molar-refractivity contribution in [2.45, 2.75) is 39.5 Å². The maximum Gasteiger partial charge on any atom is 0.175 e. The number of unbranched alkanes of at least 4 members (excludes halogenated alkanes) is 1. The lowest BCUT2D eigenvalue weighted by Gasteiger charge is -2.11. The summed E-state index contributed by atoms with van der Waals surface area (Å²) in [5.74, 6) is 0.588. The van der Waals surface area contributed by atoms with Gasteiger partial charge in [0, 0.05) is 5.92 Å². The fourth-order valence-corrected chi connectivity index (χ4v) is 2.33. The van der Waals surface area contributed by atoms with Gasteiger partial charge in [-0.25, -0.2) is 0 Å². The highest BCUT2D eigenvalue weighted by Crippen LogP contribution is 2.21. The van der Waals surface area contributed by atoms with Crippen LogP contribution < -0.4 is 0 Å². The molecular formula is C12H18OS. The molecule has 0 aliphatic heterocycles. The van der Waals surface area contributed by atoms with Crippen LogP contribution in [0.4, 0.5) is 0 Å². The Morgan fingerprint density at radius 1 is 1.50 bits per heavy atom. The molecule has 1 aromatic heterocycles. The van der Waals surface area contributed by atoms with E-state index in [-0.39, 0.29) is 5.92 Å². The Labute approximate surface area is 90.2 Å². The predicted molar refractivity (Wildman–Crippen MR) is 62.0 cm³/mol. The predicted octanol–water partition coefficient (Wildman–Crippen LogP) is 4.15. The first-order chi connectivity index (χ1) is 6.79. The molecule has 2 heteroatoms. The molecule has 14 heavy (non-hydrogen) atoms. The monoisotopic (exact) mass is 210 g/mol. The summed E-state index contributed by atoms with van der Waals surface area (Å²) in [5.41, 5.74) is 0. The van der Waals surface area contributed by atoms with Crippen molar-refractivity contribution in [3.63, 3.8) is 0 Å². The van der Waals surface area contributed by atoms with E-state index in [0.29, 0.717) is 5.78 Å². The van der Waals surface area contributed by atoms with Crippen molar-refractivity contribution < 1.29 is 4.79 Å². The number of ketones is 1. The molecule has 0 aromatic carbocycles. The average molecular weight is 210 g/mol. The molecule has 1 nitrogen and oxygen atoms in total. The minimum absolute atomic E-state index is 0.244. The fraction of sp³-hybridized carbons (Fsp3) is 0.583. The van der Waals surface area contributed by atoms with Crippen molar-refractivity contribution in [1.29, 1.82) is 0 Å². The lowest BCUT2D eigenvalue weighted by atomic mass is 9.94. The second-order valence-electron chi connectivity index (χ2n) is 3.59. The largest absolute Gasteiger partial charge is 0.293 e. The number of hydrogen-bond donors (Lipinski definition) is 0. The van der Waals surface area contributed by atoms with Crippen molar-refractivity contribution in [2.24, 2.45) is 5.92 Å². The molecule has 0 amide bonds. The highest BCUT2D eigenvalue weighted by Gasteiger charge is 2.17. The zero-order valence-corrected chi connectivity index (χ0v) is 9.77. The first-order valence-electron chi connectivity index (χ1n) is 5.37. The summed E-state index contributed by atoms with van der Waals surface area (Å²) in [6, 6.07) is 3.88. The highest BCUT2D eigenvalue weighted by molar-refractivity contribution is 7.12. The average Bonchev–Trinajstić information content (AvgIpc) is 2.71. The topological polar surface area (TPSA) is 17.1 Å².